The van der Waals surface area contributed by atoms with Crippen LogP contribution in [0, 0.1) is 12.8 Å². The number of rotatable bonds is 5. The molecule has 3 rings (SSSR count). The van der Waals surface area contributed by atoms with Gasteiger partial charge in [0.15, 0.2) is 5.82 Å². The smallest absolute Gasteiger partial charge is 0.159 e. The van der Waals surface area contributed by atoms with Gasteiger partial charge in [-0.2, -0.15) is 0 Å². The molecule has 1 aromatic heterocycles. The molecule has 0 aliphatic heterocycles. The Morgan fingerprint density at radius 1 is 1.24 bits per heavy atom. The maximum atomic E-state index is 6.33. The van der Waals surface area contributed by atoms with Crippen molar-refractivity contribution in [2.24, 2.45) is 5.92 Å². The molecular weight excluding hydrogens is 284 g/mol. The van der Waals surface area contributed by atoms with Gasteiger partial charge < -0.3 is 4.74 Å². The van der Waals surface area contributed by atoms with Crippen molar-refractivity contribution in [3.63, 3.8) is 0 Å². The number of hydrogen-bond donors (Lipinski definition) is 0. The Labute approximate surface area is 130 Å². The van der Waals surface area contributed by atoms with Crippen LogP contribution in [0.4, 0.5) is 0 Å². The minimum absolute atomic E-state index is 0.0319. The van der Waals surface area contributed by atoms with Gasteiger partial charge >= 0.3 is 0 Å². The average Bonchev–Trinajstić information content (AvgIpc) is 3.33. The normalized spacial score (nSPS) is 16.0. The molecule has 1 unspecified atom stereocenters. The molecule has 0 bridgehead atoms. The van der Waals surface area contributed by atoms with Crippen molar-refractivity contribution in [3.05, 3.63) is 46.9 Å². The Morgan fingerprint density at radius 3 is 2.57 bits per heavy atom. The topological polar surface area (TPSA) is 35.0 Å². The highest BCUT2D eigenvalue weighted by atomic mass is 35.5. The lowest BCUT2D eigenvalue weighted by molar-refractivity contribution is 0.0401. The van der Waals surface area contributed by atoms with Crippen LogP contribution in [-0.2, 0) is 4.74 Å². The second-order valence-corrected chi connectivity index (χ2v) is 5.78. The van der Waals surface area contributed by atoms with Crippen LogP contribution in [0.15, 0.2) is 30.3 Å². The molecule has 1 saturated carbocycles. The zero-order valence-corrected chi connectivity index (χ0v) is 13.1. The molecular formula is C17H19ClN2O. The lowest BCUT2D eigenvalue weighted by atomic mass is 10.1. The molecule has 0 amide bonds. The van der Waals surface area contributed by atoms with E-state index in [1.54, 1.807) is 0 Å². The van der Waals surface area contributed by atoms with Crippen LogP contribution in [0.3, 0.4) is 0 Å². The molecule has 1 atom stereocenters. The number of aromatic nitrogens is 2. The number of hydrogen-bond acceptors (Lipinski definition) is 3. The predicted molar refractivity (Wildman–Crippen MR) is 84.3 cm³/mol. The standard InChI is InChI=1S/C17H19ClN2O/c1-3-21-15(13-9-10-13)17-19-14(11(2)16(18)20-17)12-7-5-4-6-8-12/h4-8,13,15H,3,9-10H2,1-2H3. The van der Waals surface area contributed by atoms with Gasteiger partial charge in [0.2, 0.25) is 0 Å². The number of benzene rings is 1. The van der Waals surface area contributed by atoms with E-state index >= 15 is 0 Å². The summed E-state index contributed by atoms with van der Waals surface area (Å²) in [5.41, 5.74) is 2.88. The van der Waals surface area contributed by atoms with Crippen LogP contribution < -0.4 is 0 Å². The maximum Gasteiger partial charge on any atom is 0.159 e. The molecule has 0 radical (unpaired) electrons. The number of halogens is 1. The fraction of sp³-hybridized carbons (Fsp3) is 0.412. The van der Waals surface area contributed by atoms with Crippen LogP contribution in [-0.4, -0.2) is 16.6 Å². The lowest BCUT2D eigenvalue weighted by Crippen LogP contribution is -2.12. The largest absolute Gasteiger partial charge is 0.370 e. The highest BCUT2D eigenvalue weighted by Gasteiger charge is 2.35. The first-order valence-corrected chi connectivity index (χ1v) is 7.79. The summed E-state index contributed by atoms with van der Waals surface area (Å²) in [6.45, 7) is 4.63. The van der Waals surface area contributed by atoms with Crippen LogP contribution in [0.25, 0.3) is 11.3 Å². The van der Waals surface area contributed by atoms with E-state index in [4.69, 9.17) is 21.3 Å². The zero-order valence-electron chi connectivity index (χ0n) is 12.3. The summed E-state index contributed by atoms with van der Waals surface area (Å²) in [5, 5.41) is 0.518. The number of ether oxygens (including phenoxy) is 1. The summed E-state index contributed by atoms with van der Waals surface area (Å²) >= 11 is 6.33. The second kappa shape index (κ2) is 6.12. The second-order valence-electron chi connectivity index (χ2n) is 5.43. The molecule has 3 nitrogen and oxygen atoms in total. The fourth-order valence-electron chi connectivity index (χ4n) is 2.51. The first kappa shape index (κ1) is 14.5. The first-order valence-electron chi connectivity index (χ1n) is 7.41. The minimum atomic E-state index is -0.0319. The van der Waals surface area contributed by atoms with Gasteiger partial charge in [0.25, 0.3) is 0 Å². The SMILES string of the molecule is CCOC(c1nc(Cl)c(C)c(-c2ccccc2)n1)C1CC1. The van der Waals surface area contributed by atoms with Gasteiger partial charge in [0.1, 0.15) is 11.3 Å². The van der Waals surface area contributed by atoms with Crippen molar-refractivity contribution < 1.29 is 4.74 Å². The Balaban J connectivity index is 2.04. The zero-order chi connectivity index (χ0) is 14.8. The quantitative estimate of drug-likeness (QED) is 0.758. The van der Waals surface area contributed by atoms with Gasteiger partial charge in [-0.05, 0) is 32.6 Å². The van der Waals surface area contributed by atoms with Crippen molar-refractivity contribution >= 4 is 11.6 Å². The van der Waals surface area contributed by atoms with E-state index < -0.39 is 0 Å². The molecule has 1 aliphatic carbocycles. The van der Waals surface area contributed by atoms with Gasteiger partial charge in [0, 0.05) is 17.7 Å². The Hall–Kier alpha value is -1.45. The molecule has 1 heterocycles. The summed E-state index contributed by atoms with van der Waals surface area (Å²) in [6.07, 6.45) is 2.33. The Morgan fingerprint density at radius 2 is 1.95 bits per heavy atom. The van der Waals surface area contributed by atoms with Gasteiger partial charge in [-0.3, -0.25) is 0 Å². The summed E-state index contributed by atoms with van der Waals surface area (Å²) in [7, 11) is 0. The fourth-order valence-corrected chi connectivity index (χ4v) is 2.69. The monoisotopic (exact) mass is 302 g/mol. The van der Waals surface area contributed by atoms with Crippen LogP contribution >= 0.6 is 11.6 Å². The van der Waals surface area contributed by atoms with Crippen LogP contribution in [0.2, 0.25) is 5.15 Å². The molecule has 2 aromatic rings. The van der Waals surface area contributed by atoms with Crippen molar-refractivity contribution in [1.29, 1.82) is 0 Å². The van der Waals surface area contributed by atoms with E-state index in [9.17, 15) is 0 Å². The third-order valence-corrected chi connectivity index (χ3v) is 4.17. The Kier molecular flexibility index (Phi) is 4.22. The molecule has 21 heavy (non-hydrogen) atoms. The summed E-state index contributed by atoms with van der Waals surface area (Å²) < 4.78 is 5.85. The van der Waals surface area contributed by atoms with Crippen molar-refractivity contribution in [3.8, 4) is 11.3 Å². The first-order chi connectivity index (χ1) is 10.2. The Bertz CT molecular complexity index is 626. The molecule has 0 saturated heterocycles. The van der Waals surface area contributed by atoms with E-state index in [2.05, 4.69) is 4.98 Å². The molecule has 4 heteroatoms. The van der Waals surface area contributed by atoms with Crippen molar-refractivity contribution in [1.82, 2.24) is 9.97 Å². The molecule has 1 fully saturated rings. The molecule has 110 valence electrons. The van der Waals surface area contributed by atoms with Gasteiger partial charge in [-0.25, -0.2) is 9.97 Å². The highest BCUT2D eigenvalue weighted by molar-refractivity contribution is 6.30. The molecule has 0 N–H and O–H groups in total. The van der Waals surface area contributed by atoms with Crippen LogP contribution in [0.1, 0.15) is 37.3 Å². The molecule has 1 aromatic carbocycles. The lowest BCUT2D eigenvalue weighted by Gasteiger charge is -2.17. The van der Waals surface area contributed by atoms with Crippen molar-refractivity contribution in [2.45, 2.75) is 32.8 Å². The molecule has 0 spiro atoms. The van der Waals surface area contributed by atoms with Gasteiger partial charge in [-0.1, -0.05) is 41.9 Å². The molecule has 1 aliphatic rings. The van der Waals surface area contributed by atoms with E-state index in [-0.39, 0.29) is 6.10 Å². The van der Waals surface area contributed by atoms with Crippen LogP contribution in [0.5, 0.6) is 0 Å². The van der Waals surface area contributed by atoms with E-state index in [0.717, 1.165) is 16.8 Å². The summed E-state index contributed by atoms with van der Waals surface area (Å²) in [5.74, 6) is 1.25. The maximum absolute atomic E-state index is 6.33. The average molecular weight is 303 g/mol. The predicted octanol–water partition coefficient (Wildman–Crippen LogP) is 4.59. The van der Waals surface area contributed by atoms with E-state index in [1.165, 1.54) is 12.8 Å². The van der Waals surface area contributed by atoms with E-state index in [1.807, 2.05) is 44.2 Å². The van der Waals surface area contributed by atoms with Gasteiger partial charge in [0.05, 0.1) is 5.69 Å². The minimum Gasteiger partial charge on any atom is -0.370 e. The van der Waals surface area contributed by atoms with Gasteiger partial charge in [-0.15, -0.1) is 0 Å². The van der Waals surface area contributed by atoms with E-state index in [0.29, 0.717) is 23.5 Å². The van der Waals surface area contributed by atoms with Crippen molar-refractivity contribution in [2.75, 3.05) is 6.61 Å². The summed E-state index contributed by atoms with van der Waals surface area (Å²) in [4.78, 5) is 9.23. The highest BCUT2D eigenvalue weighted by Crippen LogP contribution is 2.43. The third kappa shape index (κ3) is 3.09. The number of nitrogens with zero attached hydrogens (tertiary/aromatic N) is 2. The third-order valence-electron chi connectivity index (χ3n) is 3.80. The summed E-state index contributed by atoms with van der Waals surface area (Å²) in [6, 6.07) is 10.1.